The molecule has 5 nitrogen and oxygen atoms in total. The Morgan fingerprint density at radius 2 is 1.69 bits per heavy atom. The lowest BCUT2D eigenvalue weighted by atomic mass is 10.1. The molecule has 3 aromatic carbocycles. The highest BCUT2D eigenvalue weighted by Crippen LogP contribution is 2.30. The molecule has 0 bridgehead atoms. The predicted octanol–water partition coefficient (Wildman–Crippen LogP) is 6.10. The Labute approximate surface area is 195 Å². The van der Waals surface area contributed by atoms with Crippen LogP contribution in [-0.2, 0) is 18.7 Å². The Kier molecular flexibility index (Phi) is 6.18. The van der Waals surface area contributed by atoms with Crippen molar-refractivity contribution >= 4 is 33.3 Å². The summed E-state index contributed by atoms with van der Waals surface area (Å²) in [7, 11) is 1.67. The summed E-state index contributed by atoms with van der Waals surface area (Å²) in [6, 6.07) is 26.8. The van der Waals surface area contributed by atoms with E-state index in [1.807, 2.05) is 36.4 Å². The number of nitrogens with zero attached hydrogens (tertiary/aromatic N) is 4. The number of methoxy groups -OCH3 is 1. The molecule has 0 atom stereocenters. The first-order chi connectivity index (χ1) is 15.8. The number of aryl methyl sites for hydroxylation is 1. The highest BCUT2D eigenvalue weighted by atomic mass is 32.2. The van der Waals surface area contributed by atoms with Gasteiger partial charge in [0.25, 0.3) is 0 Å². The Hall–Kier alpha value is -3.16. The molecule has 0 amide bonds. The summed E-state index contributed by atoms with van der Waals surface area (Å²) in [6.45, 7) is 0.806. The third kappa shape index (κ3) is 4.54. The molecule has 5 rings (SSSR count). The summed E-state index contributed by atoms with van der Waals surface area (Å²) >= 11 is 3.42. The first kappa shape index (κ1) is 20.7. The van der Waals surface area contributed by atoms with E-state index in [-0.39, 0.29) is 0 Å². The molecule has 0 radical (unpaired) electrons. The molecule has 0 N–H and O–H groups in total. The van der Waals surface area contributed by atoms with E-state index in [1.54, 1.807) is 30.2 Å². The maximum absolute atomic E-state index is 5.31. The molecular formula is C25H22N4OS2. The Balaban J connectivity index is 1.41. The van der Waals surface area contributed by atoms with Crippen LogP contribution in [0.1, 0.15) is 10.6 Å². The van der Waals surface area contributed by atoms with Gasteiger partial charge in [0, 0.05) is 12.1 Å². The summed E-state index contributed by atoms with van der Waals surface area (Å²) in [4.78, 5) is 4.76. The van der Waals surface area contributed by atoms with Crippen molar-refractivity contribution in [3.05, 3.63) is 89.4 Å². The van der Waals surface area contributed by atoms with E-state index < -0.39 is 0 Å². The third-order valence-electron chi connectivity index (χ3n) is 5.19. The average molecular weight is 459 g/mol. The van der Waals surface area contributed by atoms with E-state index >= 15 is 0 Å². The molecular weight excluding hydrogens is 436 g/mol. The molecule has 5 aromatic rings. The Morgan fingerprint density at radius 1 is 0.906 bits per heavy atom. The number of ether oxygens (including phenoxy) is 1. The van der Waals surface area contributed by atoms with Gasteiger partial charge >= 0.3 is 0 Å². The highest BCUT2D eigenvalue weighted by molar-refractivity contribution is 7.98. The Morgan fingerprint density at radius 3 is 2.47 bits per heavy atom. The van der Waals surface area contributed by atoms with Gasteiger partial charge in [0.15, 0.2) is 11.0 Å². The maximum atomic E-state index is 5.31. The molecule has 32 heavy (non-hydrogen) atoms. The van der Waals surface area contributed by atoms with Gasteiger partial charge in [0.05, 0.1) is 23.1 Å². The lowest BCUT2D eigenvalue weighted by Crippen LogP contribution is -2.05. The average Bonchev–Trinajstić information content (AvgIpc) is 3.45. The normalized spacial score (nSPS) is 11.2. The van der Waals surface area contributed by atoms with Crippen molar-refractivity contribution < 1.29 is 4.74 Å². The molecule has 2 aromatic heterocycles. The van der Waals surface area contributed by atoms with E-state index in [0.29, 0.717) is 0 Å². The van der Waals surface area contributed by atoms with E-state index in [0.717, 1.165) is 51.5 Å². The second-order valence-corrected chi connectivity index (χ2v) is 9.34. The van der Waals surface area contributed by atoms with Crippen LogP contribution in [0.5, 0.6) is 5.75 Å². The minimum atomic E-state index is 0.769. The van der Waals surface area contributed by atoms with E-state index in [2.05, 4.69) is 57.2 Å². The number of rotatable bonds is 8. The Bertz CT molecular complexity index is 1280. The fourth-order valence-electron chi connectivity index (χ4n) is 3.54. The molecule has 0 unspecified atom stereocenters. The van der Waals surface area contributed by atoms with Crippen LogP contribution in [0, 0.1) is 0 Å². The van der Waals surface area contributed by atoms with E-state index in [9.17, 15) is 0 Å². The minimum absolute atomic E-state index is 0.769. The van der Waals surface area contributed by atoms with Crippen LogP contribution >= 0.6 is 23.1 Å². The zero-order valence-electron chi connectivity index (χ0n) is 17.6. The lowest BCUT2D eigenvalue weighted by molar-refractivity contribution is 0.415. The summed E-state index contributed by atoms with van der Waals surface area (Å²) < 4.78 is 8.74. The number of para-hydroxylation sites is 1. The molecule has 7 heteroatoms. The van der Waals surface area contributed by atoms with Gasteiger partial charge < -0.3 is 9.30 Å². The van der Waals surface area contributed by atoms with Crippen LogP contribution in [0.2, 0.25) is 0 Å². The molecule has 0 aliphatic heterocycles. The first-order valence-electron chi connectivity index (χ1n) is 10.4. The van der Waals surface area contributed by atoms with Gasteiger partial charge in [-0.15, -0.1) is 21.5 Å². The second kappa shape index (κ2) is 9.54. The topological polar surface area (TPSA) is 52.8 Å². The maximum Gasteiger partial charge on any atom is 0.191 e. The zero-order valence-corrected chi connectivity index (χ0v) is 19.3. The van der Waals surface area contributed by atoms with Crippen molar-refractivity contribution in [3.63, 3.8) is 0 Å². The van der Waals surface area contributed by atoms with Crippen LogP contribution in [-0.4, -0.2) is 26.9 Å². The van der Waals surface area contributed by atoms with Crippen LogP contribution in [0.4, 0.5) is 0 Å². The number of benzene rings is 3. The van der Waals surface area contributed by atoms with Crippen molar-refractivity contribution in [1.82, 2.24) is 19.7 Å². The molecule has 160 valence electrons. The van der Waals surface area contributed by atoms with Gasteiger partial charge in [-0.05, 0) is 48.4 Å². The molecule has 0 saturated heterocycles. The lowest BCUT2D eigenvalue weighted by Gasteiger charge is -2.10. The standard InChI is InChI=1S/C25H22N4OS2/c1-30-20-13-11-19(12-14-20)24-27-28-25(29(24)16-15-18-7-3-2-4-8-18)31-17-23-26-21-9-5-6-10-22(21)32-23/h2-14H,15-17H2,1H3. The molecule has 0 aliphatic rings. The SMILES string of the molecule is COc1ccc(-c2nnc(SCc3nc4ccccc4s3)n2CCc2ccccc2)cc1. The van der Waals surface area contributed by atoms with Crippen LogP contribution in [0.3, 0.4) is 0 Å². The molecule has 0 aliphatic carbocycles. The van der Waals surface area contributed by atoms with Gasteiger partial charge in [0.2, 0.25) is 0 Å². The molecule has 0 spiro atoms. The molecule has 0 fully saturated rings. The number of thioether (sulfide) groups is 1. The van der Waals surface area contributed by atoms with Gasteiger partial charge in [-0.1, -0.05) is 54.2 Å². The second-order valence-electron chi connectivity index (χ2n) is 7.29. The third-order valence-corrected chi connectivity index (χ3v) is 7.39. The fourth-order valence-corrected chi connectivity index (χ4v) is 5.47. The summed E-state index contributed by atoms with van der Waals surface area (Å²) in [6.07, 6.45) is 0.913. The first-order valence-corrected chi connectivity index (χ1v) is 12.2. The summed E-state index contributed by atoms with van der Waals surface area (Å²) in [5.41, 5.74) is 3.37. The van der Waals surface area contributed by atoms with Crippen molar-refractivity contribution in [1.29, 1.82) is 0 Å². The van der Waals surface area contributed by atoms with Gasteiger partial charge in [-0.25, -0.2) is 4.98 Å². The number of hydrogen-bond donors (Lipinski definition) is 0. The fraction of sp³-hybridized carbons (Fsp3) is 0.160. The quantitative estimate of drug-likeness (QED) is 0.263. The number of thiazole rings is 1. The van der Waals surface area contributed by atoms with E-state index in [1.165, 1.54) is 10.3 Å². The largest absolute Gasteiger partial charge is 0.497 e. The van der Waals surface area contributed by atoms with Crippen molar-refractivity contribution in [2.75, 3.05) is 7.11 Å². The highest BCUT2D eigenvalue weighted by Gasteiger charge is 2.16. The van der Waals surface area contributed by atoms with Crippen molar-refractivity contribution in [3.8, 4) is 17.1 Å². The van der Waals surface area contributed by atoms with Gasteiger partial charge in [0.1, 0.15) is 10.8 Å². The number of aromatic nitrogens is 4. The van der Waals surface area contributed by atoms with Gasteiger partial charge in [-0.3, -0.25) is 0 Å². The van der Waals surface area contributed by atoms with E-state index in [4.69, 9.17) is 9.72 Å². The molecule has 2 heterocycles. The summed E-state index contributed by atoms with van der Waals surface area (Å²) in [5, 5.41) is 11.1. The predicted molar refractivity (Wildman–Crippen MR) is 131 cm³/mol. The monoisotopic (exact) mass is 458 g/mol. The van der Waals surface area contributed by atoms with Gasteiger partial charge in [-0.2, -0.15) is 0 Å². The number of hydrogen-bond acceptors (Lipinski definition) is 6. The minimum Gasteiger partial charge on any atom is -0.497 e. The smallest absolute Gasteiger partial charge is 0.191 e. The van der Waals surface area contributed by atoms with Crippen LogP contribution in [0.25, 0.3) is 21.6 Å². The molecule has 0 saturated carbocycles. The van der Waals surface area contributed by atoms with Crippen LogP contribution < -0.4 is 4.74 Å². The summed E-state index contributed by atoms with van der Waals surface area (Å²) in [5.74, 6) is 2.47. The zero-order chi connectivity index (χ0) is 21.8. The van der Waals surface area contributed by atoms with Crippen molar-refractivity contribution in [2.45, 2.75) is 23.9 Å². The van der Waals surface area contributed by atoms with Crippen molar-refractivity contribution in [2.24, 2.45) is 0 Å². The van der Waals surface area contributed by atoms with Crippen LogP contribution in [0.15, 0.2) is 84.0 Å². The number of fused-ring (bicyclic) bond motifs is 1.